The van der Waals surface area contributed by atoms with Gasteiger partial charge in [-0.1, -0.05) is 12.1 Å². The number of methoxy groups -OCH3 is 1. The van der Waals surface area contributed by atoms with Crippen LogP contribution in [0.5, 0.6) is 5.75 Å². The summed E-state index contributed by atoms with van der Waals surface area (Å²) in [5.74, 6) is 0.265. The summed E-state index contributed by atoms with van der Waals surface area (Å²) in [4.78, 5) is 0. The molecular weight excluding hydrogens is 218 g/mol. The van der Waals surface area contributed by atoms with Crippen molar-refractivity contribution < 1.29 is 14.9 Å². The van der Waals surface area contributed by atoms with Crippen LogP contribution in [0.3, 0.4) is 0 Å². The molecule has 0 aliphatic carbocycles. The average molecular weight is 239 g/mol. The minimum atomic E-state index is -0.757. The van der Waals surface area contributed by atoms with E-state index in [0.29, 0.717) is 26.1 Å². The first-order chi connectivity index (χ1) is 8.03. The highest BCUT2D eigenvalue weighted by molar-refractivity contribution is 5.25. The van der Waals surface area contributed by atoms with Crippen LogP contribution in [0.1, 0.15) is 18.9 Å². The van der Waals surface area contributed by atoms with E-state index in [-0.39, 0.29) is 5.75 Å². The molecule has 4 heteroatoms. The van der Waals surface area contributed by atoms with Gasteiger partial charge in [-0.15, -0.1) is 0 Å². The molecule has 0 amide bonds. The molecule has 0 saturated carbocycles. The summed E-state index contributed by atoms with van der Waals surface area (Å²) in [7, 11) is 1.62. The van der Waals surface area contributed by atoms with Crippen molar-refractivity contribution in [1.82, 2.24) is 5.32 Å². The molecule has 17 heavy (non-hydrogen) atoms. The molecule has 0 aromatic heterocycles. The van der Waals surface area contributed by atoms with E-state index in [1.807, 2.05) is 12.1 Å². The highest BCUT2D eigenvalue weighted by atomic mass is 16.5. The predicted octanol–water partition coefficient (Wildman–Crippen LogP) is 1.27. The Morgan fingerprint density at radius 3 is 2.53 bits per heavy atom. The third-order valence-electron chi connectivity index (χ3n) is 2.62. The molecule has 1 aromatic rings. The van der Waals surface area contributed by atoms with Crippen molar-refractivity contribution in [3.8, 4) is 5.75 Å². The lowest BCUT2D eigenvalue weighted by atomic mass is 10.0. The van der Waals surface area contributed by atoms with Crippen LogP contribution in [0.15, 0.2) is 24.3 Å². The summed E-state index contributed by atoms with van der Waals surface area (Å²) < 4.78 is 4.94. The number of hydrogen-bond donors (Lipinski definition) is 3. The van der Waals surface area contributed by atoms with Crippen molar-refractivity contribution >= 4 is 0 Å². The molecule has 96 valence electrons. The Kier molecular flexibility index (Phi) is 5.41. The average Bonchev–Trinajstić information content (AvgIpc) is 2.29. The van der Waals surface area contributed by atoms with Crippen molar-refractivity contribution in [2.45, 2.75) is 25.5 Å². The van der Waals surface area contributed by atoms with E-state index in [1.165, 1.54) is 0 Å². The molecule has 4 nitrogen and oxygen atoms in total. The zero-order valence-corrected chi connectivity index (χ0v) is 10.4. The summed E-state index contributed by atoms with van der Waals surface area (Å²) in [5.41, 5.74) is 0.317. The lowest BCUT2D eigenvalue weighted by molar-refractivity contribution is 0.0247. The van der Waals surface area contributed by atoms with E-state index in [1.54, 1.807) is 26.2 Å². The number of aromatic hydroxyl groups is 1. The Bertz CT molecular complexity index is 322. The van der Waals surface area contributed by atoms with Crippen molar-refractivity contribution in [2.24, 2.45) is 0 Å². The van der Waals surface area contributed by atoms with Gasteiger partial charge in [0.2, 0.25) is 0 Å². The van der Waals surface area contributed by atoms with Crippen LogP contribution in [0.4, 0.5) is 0 Å². The molecule has 0 radical (unpaired) electrons. The zero-order chi connectivity index (χ0) is 12.7. The van der Waals surface area contributed by atoms with Gasteiger partial charge in [-0.3, -0.25) is 0 Å². The summed E-state index contributed by atoms with van der Waals surface area (Å²) in [5, 5.41) is 22.3. The van der Waals surface area contributed by atoms with Crippen molar-refractivity contribution in [3.05, 3.63) is 29.8 Å². The van der Waals surface area contributed by atoms with Gasteiger partial charge in [-0.05, 0) is 24.6 Å². The molecule has 1 unspecified atom stereocenters. The number of nitrogens with one attached hydrogen (secondary N) is 1. The standard InChI is InChI=1S/C13H21NO3/c1-13(16,7-8-17-2)10-14-9-11-3-5-12(15)6-4-11/h3-6,14-16H,7-10H2,1-2H3. The maximum atomic E-state index is 9.99. The summed E-state index contributed by atoms with van der Waals surface area (Å²) in [6.07, 6.45) is 0.603. The highest BCUT2D eigenvalue weighted by Crippen LogP contribution is 2.11. The monoisotopic (exact) mass is 239 g/mol. The van der Waals surface area contributed by atoms with Gasteiger partial charge < -0.3 is 20.3 Å². The number of phenolic OH excluding ortho intramolecular Hbond substituents is 1. The van der Waals surface area contributed by atoms with Crippen LogP contribution in [0, 0.1) is 0 Å². The van der Waals surface area contributed by atoms with Crippen molar-refractivity contribution in [1.29, 1.82) is 0 Å². The molecule has 0 bridgehead atoms. The second kappa shape index (κ2) is 6.59. The fourth-order valence-corrected chi connectivity index (χ4v) is 1.50. The Morgan fingerprint density at radius 2 is 1.94 bits per heavy atom. The molecule has 0 spiro atoms. The van der Waals surface area contributed by atoms with Gasteiger partial charge in [0.1, 0.15) is 5.75 Å². The van der Waals surface area contributed by atoms with Crippen LogP contribution >= 0.6 is 0 Å². The molecule has 0 saturated heterocycles. The van der Waals surface area contributed by atoms with Gasteiger partial charge in [0.15, 0.2) is 0 Å². The molecule has 1 rings (SSSR count). The van der Waals surface area contributed by atoms with Gasteiger partial charge in [-0.2, -0.15) is 0 Å². The molecule has 1 aromatic carbocycles. The summed E-state index contributed by atoms with van der Waals surface area (Å²) in [6, 6.07) is 7.01. The number of aliphatic hydroxyl groups is 1. The van der Waals surface area contributed by atoms with Crippen LogP contribution in [-0.2, 0) is 11.3 Å². The van der Waals surface area contributed by atoms with Gasteiger partial charge in [0.25, 0.3) is 0 Å². The fraction of sp³-hybridized carbons (Fsp3) is 0.538. The number of benzene rings is 1. The largest absolute Gasteiger partial charge is 0.508 e. The van der Waals surface area contributed by atoms with Crippen molar-refractivity contribution in [2.75, 3.05) is 20.3 Å². The molecule has 0 aliphatic rings. The normalized spacial score (nSPS) is 14.5. The third kappa shape index (κ3) is 5.68. The van der Waals surface area contributed by atoms with Crippen molar-refractivity contribution in [3.63, 3.8) is 0 Å². The van der Waals surface area contributed by atoms with Gasteiger partial charge >= 0.3 is 0 Å². The van der Waals surface area contributed by atoms with Crippen LogP contribution in [-0.4, -0.2) is 36.1 Å². The first-order valence-electron chi connectivity index (χ1n) is 5.73. The predicted molar refractivity (Wildman–Crippen MR) is 66.9 cm³/mol. The minimum absolute atomic E-state index is 0.265. The Morgan fingerprint density at radius 1 is 1.29 bits per heavy atom. The van der Waals surface area contributed by atoms with Crippen LogP contribution in [0.2, 0.25) is 0 Å². The van der Waals surface area contributed by atoms with Gasteiger partial charge in [-0.25, -0.2) is 0 Å². The second-order valence-corrected chi connectivity index (χ2v) is 4.51. The molecule has 3 N–H and O–H groups in total. The van der Waals surface area contributed by atoms with Gasteiger partial charge in [0.05, 0.1) is 5.60 Å². The molecule has 1 atom stereocenters. The second-order valence-electron chi connectivity index (χ2n) is 4.51. The van der Waals surface area contributed by atoms with E-state index in [4.69, 9.17) is 9.84 Å². The SMILES string of the molecule is COCCC(C)(O)CNCc1ccc(O)cc1. The Labute approximate surface area is 102 Å². The molecule has 0 heterocycles. The van der Waals surface area contributed by atoms with E-state index >= 15 is 0 Å². The van der Waals surface area contributed by atoms with E-state index in [9.17, 15) is 5.11 Å². The Balaban J connectivity index is 2.29. The topological polar surface area (TPSA) is 61.7 Å². The summed E-state index contributed by atoms with van der Waals surface area (Å²) in [6.45, 7) is 3.52. The highest BCUT2D eigenvalue weighted by Gasteiger charge is 2.18. The smallest absolute Gasteiger partial charge is 0.115 e. The first kappa shape index (κ1) is 14.0. The lowest BCUT2D eigenvalue weighted by Crippen LogP contribution is -2.38. The number of ether oxygens (including phenoxy) is 1. The quantitative estimate of drug-likeness (QED) is 0.670. The summed E-state index contributed by atoms with van der Waals surface area (Å²) >= 11 is 0. The molecule has 0 fully saturated rings. The third-order valence-corrected chi connectivity index (χ3v) is 2.62. The first-order valence-corrected chi connectivity index (χ1v) is 5.73. The Hall–Kier alpha value is -1.10. The van der Waals surface area contributed by atoms with Gasteiger partial charge in [0, 0.05) is 33.2 Å². The lowest BCUT2D eigenvalue weighted by Gasteiger charge is -2.23. The minimum Gasteiger partial charge on any atom is -0.508 e. The number of phenols is 1. The van der Waals surface area contributed by atoms with E-state index < -0.39 is 5.60 Å². The van der Waals surface area contributed by atoms with Crippen LogP contribution < -0.4 is 5.32 Å². The van der Waals surface area contributed by atoms with E-state index in [0.717, 1.165) is 5.56 Å². The maximum Gasteiger partial charge on any atom is 0.115 e. The van der Waals surface area contributed by atoms with E-state index in [2.05, 4.69) is 5.32 Å². The number of rotatable bonds is 7. The fourth-order valence-electron chi connectivity index (χ4n) is 1.50. The van der Waals surface area contributed by atoms with Crippen LogP contribution in [0.25, 0.3) is 0 Å². The molecular formula is C13H21NO3. The maximum absolute atomic E-state index is 9.99. The molecule has 0 aliphatic heterocycles. The zero-order valence-electron chi connectivity index (χ0n) is 10.4. The number of hydrogen-bond acceptors (Lipinski definition) is 4.